The van der Waals surface area contributed by atoms with E-state index in [1.165, 1.54) is 14.1 Å². The molecule has 0 saturated heterocycles. The summed E-state index contributed by atoms with van der Waals surface area (Å²) in [5, 5.41) is 10.7. The van der Waals surface area contributed by atoms with E-state index in [0.717, 1.165) is 20.8 Å². The van der Waals surface area contributed by atoms with Gasteiger partial charge in [-0.15, -0.1) is 0 Å². The third-order valence-electron chi connectivity index (χ3n) is 4.31. The van der Waals surface area contributed by atoms with Crippen LogP contribution in [-0.2, 0) is 15.0 Å². The zero-order valence-corrected chi connectivity index (χ0v) is 15.5. The van der Waals surface area contributed by atoms with Gasteiger partial charge in [0, 0.05) is 36.3 Å². The van der Waals surface area contributed by atoms with E-state index < -0.39 is 10.2 Å². The summed E-state index contributed by atoms with van der Waals surface area (Å²) in [6, 6.07) is 10.7. The summed E-state index contributed by atoms with van der Waals surface area (Å²) in [6.45, 7) is 0. The van der Waals surface area contributed by atoms with E-state index in [1.807, 2.05) is 18.2 Å². The van der Waals surface area contributed by atoms with Crippen LogP contribution in [0.1, 0.15) is 11.1 Å². The number of aromatic nitrogens is 2. The van der Waals surface area contributed by atoms with Crippen LogP contribution in [-0.4, -0.2) is 42.9 Å². The quantitative estimate of drug-likeness (QED) is 0.601. The molecule has 1 aromatic heterocycles. The minimum Gasteiger partial charge on any atom is -0.321 e. The first-order chi connectivity index (χ1) is 12.8. The van der Waals surface area contributed by atoms with Crippen LogP contribution in [0.25, 0.3) is 22.6 Å². The molecule has 0 bridgehead atoms. The van der Waals surface area contributed by atoms with E-state index >= 15 is 0 Å². The Morgan fingerprint density at radius 3 is 2.74 bits per heavy atom. The second kappa shape index (κ2) is 6.22. The number of nitrogens with zero attached hydrogens (tertiary/aromatic N) is 2. The van der Waals surface area contributed by atoms with Gasteiger partial charge in [-0.3, -0.25) is 14.6 Å². The molecule has 3 N–H and O–H groups in total. The summed E-state index contributed by atoms with van der Waals surface area (Å²) in [6.07, 6.45) is 3.50. The predicted octanol–water partition coefficient (Wildman–Crippen LogP) is 2.27. The Morgan fingerprint density at radius 2 is 1.96 bits per heavy atom. The molecule has 0 radical (unpaired) electrons. The number of benzene rings is 2. The number of carbonyl (C=O) groups is 1. The standard InChI is InChI=1S/C18H17N5O3S/c1-23(2)27(25,26)22-13-5-6-16-14(9-13)15(18(24)20-16)7-11-3-4-12-10-19-21-17(12)8-11/h3-10,22H,1-2H3,(H,19,21)(H,20,24). The van der Waals surface area contributed by atoms with Crippen molar-refractivity contribution in [2.45, 2.75) is 0 Å². The van der Waals surface area contributed by atoms with Crippen molar-refractivity contribution in [1.29, 1.82) is 0 Å². The predicted molar refractivity (Wildman–Crippen MR) is 105 cm³/mol. The van der Waals surface area contributed by atoms with Crippen molar-refractivity contribution in [2.75, 3.05) is 24.1 Å². The van der Waals surface area contributed by atoms with Gasteiger partial charge in [0.2, 0.25) is 0 Å². The normalized spacial score (nSPS) is 15.4. The summed E-state index contributed by atoms with van der Waals surface area (Å²) in [5.41, 5.74) is 3.84. The second-order valence-electron chi connectivity index (χ2n) is 6.38. The maximum Gasteiger partial charge on any atom is 0.301 e. The van der Waals surface area contributed by atoms with Crippen LogP contribution < -0.4 is 10.0 Å². The molecule has 0 spiro atoms. The lowest BCUT2D eigenvalue weighted by atomic mass is 10.0. The van der Waals surface area contributed by atoms with Gasteiger partial charge in [-0.2, -0.15) is 17.8 Å². The molecule has 27 heavy (non-hydrogen) atoms. The average Bonchev–Trinajstić information content (AvgIpc) is 3.19. The van der Waals surface area contributed by atoms with E-state index in [0.29, 0.717) is 22.5 Å². The molecule has 1 aliphatic rings. The number of anilines is 2. The van der Waals surface area contributed by atoms with Gasteiger partial charge < -0.3 is 5.32 Å². The van der Waals surface area contributed by atoms with Gasteiger partial charge in [0.1, 0.15) is 0 Å². The fraction of sp³-hybridized carbons (Fsp3) is 0.111. The number of hydrogen-bond acceptors (Lipinski definition) is 4. The van der Waals surface area contributed by atoms with Crippen LogP contribution in [0.4, 0.5) is 11.4 Å². The SMILES string of the molecule is CN(C)S(=O)(=O)Nc1ccc2c(c1)C(=Cc1ccc3cn[nH]c3c1)C(=O)N2. The number of rotatable bonds is 4. The first-order valence-electron chi connectivity index (χ1n) is 8.14. The molecule has 0 saturated carbocycles. The summed E-state index contributed by atoms with van der Waals surface area (Å²) in [7, 11) is -0.745. The molecule has 3 aromatic rings. The van der Waals surface area contributed by atoms with Gasteiger partial charge in [-0.05, 0) is 35.9 Å². The van der Waals surface area contributed by atoms with Gasteiger partial charge in [0.05, 0.1) is 17.4 Å². The zero-order valence-electron chi connectivity index (χ0n) is 14.6. The Kier molecular flexibility index (Phi) is 3.97. The van der Waals surface area contributed by atoms with Gasteiger partial charge in [-0.1, -0.05) is 12.1 Å². The molecule has 138 valence electrons. The van der Waals surface area contributed by atoms with E-state index in [4.69, 9.17) is 0 Å². The molecule has 2 aromatic carbocycles. The molecule has 8 nitrogen and oxygen atoms in total. The smallest absolute Gasteiger partial charge is 0.301 e. The first kappa shape index (κ1) is 17.3. The lowest BCUT2D eigenvalue weighted by Gasteiger charge is -2.14. The fourth-order valence-electron chi connectivity index (χ4n) is 2.85. The van der Waals surface area contributed by atoms with Gasteiger partial charge in [-0.25, -0.2) is 0 Å². The lowest BCUT2D eigenvalue weighted by molar-refractivity contribution is -0.110. The number of aromatic amines is 1. The number of fused-ring (bicyclic) bond motifs is 2. The van der Waals surface area contributed by atoms with Crippen LogP contribution >= 0.6 is 0 Å². The molecule has 0 fully saturated rings. The summed E-state index contributed by atoms with van der Waals surface area (Å²) in [4.78, 5) is 12.4. The third kappa shape index (κ3) is 3.18. The molecule has 4 rings (SSSR count). The van der Waals surface area contributed by atoms with Crippen LogP contribution in [0.2, 0.25) is 0 Å². The highest BCUT2D eigenvalue weighted by molar-refractivity contribution is 7.90. The summed E-state index contributed by atoms with van der Waals surface area (Å²) >= 11 is 0. The molecular weight excluding hydrogens is 366 g/mol. The van der Waals surface area contributed by atoms with Crippen LogP contribution in [0.3, 0.4) is 0 Å². The molecule has 9 heteroatoms. The fourth-order valence-corrected chi connectivity index (χ4v) is 3.45. The van der Waals surface area contributed by atoms with E-state index in [9.17, 15) is 13.2 Å². The molecule has 1 aliphatic heterocycles. The number of hydrogen-bond donors (Lipinski definition) is 3. The lowest BCUT2D eigenvalue weighted by Crippen LogP contribution is -2.28. The van der Waals surface area contributed by atoms with E-state index in [1.54, 1.807) is 30.5 Å². The van der Waals surface area contributed by atoms with Crippen molar-refractivity contribution in [3.8, 4) is 0 Å². The molecule has 0 unspecified atom stereocenters. The van der Waals surface area contributed by atoms with Crippen molar-refractivity contribution in [2.24, 2.45) is 0 Å². The van der Waals surface area contributed by atoms with Crippen LogP contribution in [0, 0.1) is 0 Å². The van der Waals surface area contributed by atoms with Crippen LogP contribution in [0.15, 0.2) is 42.6 Å². The Morgan fingerprint density at radius 1 is 1.15 bits per heavy atom. The topological polar surface area (TPSA) is 107 Å². The molecular formula is C18H17N5O3S. The van der Waals surface area contributed by atoms with E-state index in [-0.39, 0.29) is 5.91 Å². The Labute approximate surface area is 156 Å². The van der Waals surface area contributed by atoms with Gasteiger partial charge in [0.25, 0.3) is 5.91 Å². The molecule has 0 atom stereocenters. The van der Waals surface area contributed by atoms with Crippen LogP contribution in [0.5, 0.6) is 0 Å². The van der Waals surface area contributed by atoms with Gasteiger partial charge in [0.15, 0.2) is 0 Å². The maximum atomic E-state index is 12.4. The number of H-pyrrole nitrogens is 1. The van der Waals surface area contributed by atoms with Crippen molar-refractivity contribution in [3.63, 3.8) is 0 Å². The molecule has 0 aliphatic carbocycles. The highest BCUT2D eigenvalue weighted by Crippen LogP contribution is 2.35. The number of amides is 1. The average molecular weight is 383 g/mol. The Hall–Kier alpha value is -3.17. The summed E-state index contributed by atoms with van der Waals surface area (Å²) in [5.74, 6) is -0.234. The van der Waals surface area contributed by atoms with E-state index in [2.05, 4.69) is 20.2 Å². The third-order valence-corrected chi connectivity index (χ3v) is 5.76. The largest absolute Gasteiger partial charge is 0.321 e. The Balaban J connectivity index is 1.74. The van der Waals surface area contributed by atoms with Crippen molar-refractivity contribution < 1.29 is 13.2 Å². The highest BCUT2D eigenvalue weighted by atomic mass is 32.2. The second-order valence-corrected chi connectivity index (χ2v) is 8.26. The molecule has 1 amide bonds. The number of carbonyl (C=O) groups excluding carboxylic acids is 1. The highest BCUT2D eigenvalue weighted by Gasteiger charge is 2.25. The Bertz CT molecular complexity index is 1190. The summed E-state index contributed by atoms with van der Waals surface area (Å²) < 4.78 is 27.7. The van der Waals surface area contributed by atoms with Crippen molar-refractivity contribution in [1.82, 2.24) is 14.5 Å². The van der Waals surface area contributed by atoms with Gasteiger partial charge >= 0.3 is 10.2 Å². The first-order valence-corrected chi connectivity index (χ1v) is 9.58. The number of nitrogens with one attached hydrogen (secondary N) is 3. The monoisotopic (exact) mass is 383 g/mol. The minimum absolute atomic E-state index is 0.234. The minimum atomic E-state index is -3.63. The molecule has 2 heterocycles. The van der Waals surface area contributed by atoms with Crippen molar-refractivity contribution >= 4 is 50.0 Å². The zero-order chi connectivity index (χ0) is 19.2. The van der Waals surface area contributed by atoms with Crippen molar-refractivity contribution in [3.05, 3.63) is 53.7 Å². The maximum absolute atomic E-state index is 12.4.